The van der Waals surface area contributed by atoms with Crippen molar-refractivity contribution in [1.29, 1.82) is 0 Å². The largest absolute Gasteiger partial charge is 0.489 e. The summed E-state index contributed by atoms with van der Waals surface area (Å²) < 4.78 is 23.4. The van der Waals surface area contributed by atoms with Crippen LogP contribution in [0.25, 0.3) is 10.8 Å². The van der Waals surface area contributed by atoms with E-state index in [0.717, 1.165) is 27.6 Å². The smallest absolute Gasteiger partial charge is 0.319 e. The van der Waals surface area contributed by atoms with Gasteiger partial charge >= 0.3 is 5.97 Å². The van der Waals surface area contributed by atoms with Crippen LogP contribution in [0.15, 0.2) is 60.7 Å². The average Bonchev–Trinajstić information content (AvgIpc) is 2.67. The molecule has 0 spiro atoms. The number of halogens is 2. The predicted molar refractivity (Wildman–Crippen MR) is 106 cm³/mol. The van der Waals surface area contributed by atoms with Crippen molar-refractivity contribution >= 4 is 29.1 Å². The van der Waals surface area contributed by atoms with Gasteiger partial charge in [0.1, 0.15) is 18.2 Å². The van der Waals surface area contributed by atoms with Crippen LogP contribution in [-0.4, -0.2) is 19.6 Å². The summed E-state index contributed by atoms with van der Waals surface area (Å²) in [5.41, 5.74) is 2.00. The molecule has 142 valence electrons. The number of hydrogen-bond donors (Lipinski definition) is 1. The van der Waals surface area contributed by atoms with Crippen molar-refractivity contribution in [3.05, 3.63) is 77.6 Å². The second kappa shape index (κ2) is 9.90. The van der Waals surface area contributed by atoms with E-state index in [1.54, 1.807) is 12.1 Å². The van der Waals surface area contributed by atoms with Gasteiger partial charge in [0, 0.05) is 6.54 Å². The highest BCUT2D eigenvalue weighted by Gasteiger charge is 2.05. The summed E-state index contributed by atoms with van der Waals surface area (Å²) in [5.74, 6) is 0.205. The molecule has 3 aromatic carbocycles. The summed E-state index contributed by atoms with van der Waals surface area (Å²) in [6.45, 7) is 1.13. The summed E-state index contributed by atoms with van der Waals surface area (Å²) in [4.78, 5) is 11.2. The first-order chi connectivity index (χ1) is 12.7. The molecule has 0 aliphatic rings. The van der Waals surface area contributed by atoms with Crippen molar-refractivity contribution in [3.63, 3.8) is 0 Å². The normalized spacial score (nSPS) is 10.3. The Hall–Kier alpha value is -2.63. The van der Waals surface area contributed by atoms with Crippen molar-refractivity contribution in [2.75, 3.05) is 13.7 Å². The van der Waals surface area contributed by atoms with Crippen LogP contribution in [0, 0.1) is 5.82 Å². The lowest BCUT2D eigenvalue weighted by Crippen LogP contribution is -2.23. The third-order valence-corrected chi connectivity index (χ3v) is 4.07. The second-order valence-corrected chi connectivity index (χ2v) is 5.89. The van der Waals surface area contributed by atoms with Gasteiger partial charge in [-0.2, -0.15) is 0 Å². The van der Waals surface area contributed by atoms with Gasteiger partial charge in [0.2, 0.25) is 0 Å². The maximum atomic E-state index is 12.9. The fraction of sp³-hybridized carbons (Fsp3) is 0.190. The van der Waals surface area contributed by atoms with Gasteiger partial charge in [-0.15, -0.1) is 12.4 Å². The van der Waals surface area contributed by atoms with Crippen LogP contribution in [0.1, 0.15) is 11.1 Å². The van der Waals surface area contributed by atoms with Crippen molar-refractivity contribution in [2.45, 2.75) is 13.2 Å². The van der Waals surface area contributed by atoms with Crippen LogP contribution in [0.5, 0.6) is 5.75 Å². The highest BCUT2D eigenvalue weighted by Crippen LogP contribution is 2.24. The Kier molecular flexibility index (Phi) is 7.58. The summed E-state index contributed by atoms with van der Waals surface area (Å²) in [5, 5.41) is 5.22. The topological polar surface area (TPSA) is 47.6 Å². The number of esters is 1. The number of ether oxygens (including phenoxy) is 2. The average molecular weight is 390 g/mol. The molecule has 0 saturated heterocycles. The standard InChI is InChI=1S/C21H20FNO3.ClH/c1-25-21(24)13-23-12-17-4-2-3-16-11-19(9-10-20(16)17)26-14-15-5-7-18(22)8-6-15;/h2-11,23H,12-14H2,1H3;1H. The molecular formula is C21H21ClFNO3. The predicted octanol–water partition coefficient (Wildman–Crippen LogP) is 4.24. The number of nitrogens with one attached hydrogen (secondary N) is 1. The molecule has 0 heterocycles. The molecule has 0 saturated carbocycles. The van der Waals surface area contributed by atoms with Gasteiger partial charge in [-0.05, 0) is 46.2 Å². The molecule has 0 fully saturated rings. The number of rotatable bonds is 7. The Morgan fingerprint density at radius 2 is 1.85 bits per heavy atom. The van der Waals surface area contributed by atoms with Crippen molar-refractivity contribution < 1.29 is 18.7 Å². The van der Waals surface area contributed by atoms with Crippen molar-refractivity contribution in [1.82, 2.24) is 5.32 Å². The second-order valence-electron chi connectivity index (χ2n) is 5.89. The molecule has 0 aromatic heterocycles. The SMILES string of the molecule is COC(=O)CNCc1cccc2cc(OCc3ccc(F)cc3)ccc12.Cl. The van der Waals surface area contributed by atoms with E-state index in [-0.39, 0.29) is 30.7 Å². The lowest BCUT2D eigenvalue weighted by molar-refractivity contribution is -0.139. The molecule has 0 bridgehead atoms. The lowest BCUT2D eigenvalue weighted by Gasteiger charge is -2.11. The van der Waals surface area contributed by atoms with E-state index in [1.165, 1.54) is 19.2 Å². The van der Waals surface area contributed by atoms with Gasteiger partial charge in [-0.3, -0.25) is 4.79 Å². The summed E-state index contributed by atoms with van der Waals surface area (Å²) in [7, 11) is 1.37. The first kappa shape index (κ1) is 20.7. The third-order valence-electron chi connectivity index (χ3n) is 4.07. The zero-order chi connectivity index (χ0) is 18.4. The minimum Gasteiger partial charge on any atom is -0.489 e. The highest BCUT2D eigenvalue weighted by atomic mass is 35.5. The first-order valence-corrected chi connectivity index (χ1v) is 8.32. The van der Waals surface area contributed by atoms with E-state index in [9.17, 15) is 9.18 Å². The number of carbonyl (C=O) groups excluding carboxylic acids is 1. The molecule has 27 heavy (non-hydrogen) atoms. The lowest BCUT2D eigenvalue weighted by atomic mass is 10.0. The zero-order valence-electron chi connectivity index (χ0n) is 14.9. The highest BCUT2D eigenvalue weighted by molar-refractivity contribution is 5.87. The molecule has 4 nitrogen and oxygen atoms in total. The van der Waals surface area contributed by atoms with Gasteiger partial charge in [-0.1, -0.05) is 36.4 Å². The Balaban J connectivity index is 0.00000261. The van der Waals surface area contributed by atoms with E-state index in [1.807, 2.05) is 36.4 Å². The molecule has 0 aliphatic heterocycles. The number of fused-ring (bicyclic) bond motifs is 1. The minimum atomic E-state index is -0.290. The van der Waals surface area contributed by atoms with Crippen LogP contribution in [0.4, 0.5) is 4.39 Å². The molecule has 6 heteroatoms. The van der Waals surface area contributed by atoms with Crippen LogP contribution < -0.4 is 10.1 Å². The van der Waals surface area contributed by atoms with Gasteiger partial charge in [-0.25, -0.2) is 4.39 Å². The van der Waals surface area contributed by atoms with Gasteiger partial charge in [0.15, 0.2) is 0 Å². The molecule has 3 aromatic rings. The Morgan fingerprint density at radius 3 is 2.59 bits per heavy atom. The van der Waals surface area contributed by atoms with E-state index in [0.29, 0.717) is 13.2 Å². The number of benzene rings is 3. The molecule has 0 radical (unpaired) electrons. The Morgan fingerprint density at radius 1 is 1.07 bits per heavy atom. The molecule has 0 amide bonds. The third kappa shape index (κ3) is 5.67. The molecule has 0 unspecified atom stereocenters. The van der Waals surface area contributed by atoms with Crippen molar-refractivity contribution in [2.24, 2.45) is 0 Å². The molecule has 0 atom stereocenters. The van der Waals surface area contributed by atoms with Gasteiger partial charge in [0.25, 0.3) is 0 Å². The fourth-order valence-electron chi connectivity index (χ4n) is 2.69. The van der Waals surface area contributed by atoms with E-state index >= 15 is 0 Å². The zero-order valence-corrected chi connectivity index (χ0v) is 15.7. The summed E-state index contributed by atoms with van der Waals surface area (Å²) in [6.07, 6.45) is 0. The van der Waals surface area contributed by atoms with Crippen LogP contribution >= 0.6 is 12.4 Å². The fourth-order valence-corrected chi connectivity index (χ4v) is 2.69. The van der Waals surface area contributed by atoms with Crippen molar-refractivity contribution in [3.8, 4) is 5.75 Å². The Bertz CT molecular complexity index is 900. The van der Waals surface area contributed by atoms with E-state index in [4.69, 9.17) is 4.74 Å². The minimum absolute atomic E-state index is 0. The molecular weight excluding hydrogens is 369 g/mol. The molecule has 3 rings (SSSR count). The quantitative estimate of drug-likeness (QED) is 0.614. The summed E-state index contributed by atoms with van der Waals surface area (Å²) in [6, 6.07) is 18.2. The first-order valence-electron chi connectivity index (χ1n) is 8.32. The maximum absolute atomic E-state index is 12.9. The monoisotopic (exact) mass is 389 g/mol. The van der Waals surface area contributed by atoms with E-state index in [2.05, 4.69) is 10.1 Å². The Labute approximate surface area is 163 Å². The number of hydrogen-bond acceptors (Lipinski definition) is 4. The van der Waals surface area contributed by atoms with E-state index < -0.39 is 0 Å². The maximum Gasteiger partial charge on any atom is 0.319 e. The summed E-state index contributed by atoms with van der Waals surface area (Å²) >= 11 is 0. The van der Waals surface area contributed by atoms with Crippen LogP contribution in [0.2, 0.25) is 0 Å². The number of methoxy groups -OCH3 is 1. The molecule has 1 N–H and O–H groups in total. The van der Waals surface area contributed by atoms with Gasteiger partial charge in [0.05, 0.1) is 13.7 Å². The van der Waals surface area contributed by atoms with Crippen LogP contribution in [0.3, 0.4) is 0 Å². The van der Waals surface area contributed by atoms with Gasteiger partial charge < -0.3 is 14.8 Å². The van der Waals surface area contributed by atoms with Crippen LogP contribution in [-0.2, 0) is 22.7 Å². The molecule has 0 aliphatic carbocycles. The number of carbonyl (C=O) groups is 1.